The zero-order valence-corrected chi connectivity index (χ0v) is 16.5. The van der Waals surface area contributed by atoms with E-state index in [1.807, 2.05) is 4.90 Å². The maximum atomic E-state index is 13.1. The average Bonchev–Trinajstić information content (AvgIpc) is 2.68. The number of anilines is 1. The number of piperazine rings is 1. The van der Waals surface area contributed by atoms with E-state index in [4.69, 9.17) is 0 Å². The first-order valence-corrected chi connectivity index (χ1v) is 11.7. The van der Waals surface area contributed by atoms with Crippen molar-refractivity contribution in [2.45, 2.75) is 16.7 Å². The van der Waals surface area contributed by atoms with Gasteiger partial charge in [-0.15, -0.1) is 0 Å². The van der Waals surface area contributed by atoms with Crippen molar-refractivity contribution in [2.75, 3.05) is 36.8 Å². The van der Waals surface area contributed by atoms with E-state index in [9.17, 15) is 21.2 Å². The Morgan fingerprint density at radius 3 is 2.07 bits per heavy atom. The minimum atomic E-state index is -3.71. The lowest BCUT2D eigenvalue weighted by molar-refractivity contribution is 0.384. The summed E-state index contributed by atoms with van der Waals surface area (Å²) in [7, 11) is -7.08. The van der Waals surface area contributed by atoms with Gasteiger partial charge in [-0.05, 0) is 36.4 Å². The second kappa shape index (κ2) is 7.57. The molecule has 0 N–H and O–H groups in total. The van der Waals surface area contributed by atoms with E-state index in [0.29, 0.717) is 18.8 Å². The quantitative estimate of drug-likeness (QED) is 0.752. The molecule has 1 fully saturated rings. The van der Waals surface area contributed by atoms with Gasteiger partial charge in [-0.1, -0.05) is 19.1 Å². The maximum Gasteiger partial charge on any atom is 0.243 e. The Bertz CT molecular complexity index is 1010. The van der Waals surface area contributed by atoms with Crippen LogP contribution in [0.2, 0.25) is 0 Å². The SMILES string of the molecule is CCS(=O)(=O)c1ccccc1N1CCN(S(=O)(=O)c2ccc(F)cc2)CC1. The van der Waals surface area contributed by atoms with Gasteiger partial charge in [0.2, 0.25) is 10.0 Å². The van der Waals surface area contributed by atoms with Crippen LogP contribution in [0.15, 0.2) is 58.3 Å². The van der Waals surface area contributed by atoms with Gasteiger partial charge in [-0.25, -0.2) is 21.2 Å². The van der Waals surface area contributed by atoms with Crippen LogP contribution in [-0.2, 0) is 19.9 Å². The van der Waals surface area contributed by atoms with E-state index < -0.39 is 25.7 Å². The fraction of sp³-hybridized carbons (Fsp3) is 0.333. The summed E-state index contributed by atoms with van der Waals surface area (Å²) in [5.74, 6) is -0.490. The van der Waals surface area contributed by atoms with Crippen molar-refractivity contribution in [2.24, 2.45) is 0 Å². The van der Waals surface area contributed by atoms with Crippen molar-refractivity contribution in [1.29, 1.82) is 0 Å². The summed E-state index contributed by atoms with van der Waals surface area (Å²) in [6.07, 6.45) is 0. The Balaban J connectivity index is 1.80. The predicted molar refractivity (Wildman–Crippen MR) is 102 cm³/mol. The van der Waals surface area contributed by atoms with E-state index in [-0.39, 0.29) is 28.6 Å². The third kappa shape index (κ3) is 3.99. The molecule has 1 saturated heterocycles. The number of hydrogen-bond donors (Lipinski definition) is 0. The van der Waals surface area contributed by atoms with Crippen LogP contribution in [0.25, 0.3) is 0 Å². The third-order valence-electron chi connectivity index (χ3n) is 4.61. The summed E-state index contributed by atoms with van der Waals surface area (Å²) in [6, 6.07) is 11.5. The minimum Gasteiger partial charge on any atom is -0.368 e. The number of nitrogens with zero attached hydrogens (tertiary/aromatic N) is 2. The van der Waals surface area contributed by atoms with Crippen molar-refractivity contribution in [3.63, 3.8) is 0 Å². The maximum absolute atomic E-state index is 13.1. The lowest BCUT2D eigenvalue weighted by atomic mass is 10.2. The van der Waals surface area contributed by atoms with Crippen LogP contribution in [-0.4, -0.2) is 53.1 Å². The van der Waals surface area contributed by atoms with E-state index in [1.54, 1.807) is 31.2 Å². The lowest BCUT2D eigenvalue weighted by Crippen LogP contribution is -2.49. The molecule has 0 unspecified atom stereocenters. The highest BCUT2D eigenvalue weighted by atomic mass is 32.2. The number of halogens is 1. The molecule has 2 aromatic rings. The van der Waals surface area contributed by atoms with Crippen LogP contribution in [0.5, 0.6) is 0 Å². The first-order chi connectivity index (χ1) is 12.8. The zero-order chi connectivity index (χ0) is 19.7. The molecule has 0 aromatic heterocycles. The molecule has 146 valence electrons. The van der Waals surface area contributed by atoms with Gasteiger partial charge in [-0.2, -0.15) is 4.31 Å². The van der Waals surface area contributed by atoms with Crippen LogP contribution in [0.4, 0.5) is 10.1 Å². The molecular formula is C18H21FN2O4S2. The molecule has 1 aliphatic rings. The van der Waals surface area contributed by atoms with Crippen LogP contribution in [0, 0.1) is 5.82 Å². The highest BCUT2D eigenvalue weighted by Gasteiger charge is 2.30. The van der Waals surface area contributed by atoms with Crippen LogP contribution in [0.3, 0.4) is 0 Å². The molecule has 0 atom stereocenters. The molecule has 0 amide bonds. The molecule has 1 heterocycles. The van der Waals surface area contributed by atoms with Gasteiger partial charge in [-0.3, -0.25) is 0 Å². The summed E-state index contributed by atoms with van der Waals surface area (Å²) < 4.78 is 64.5. The largest absolute Gasteiger partial charge is 0.368 e. The Morgan fingerprint density at radius 1 is 0.889 bits per heavy atom. The third-order valence-corrected chi connectivity index (χ3v) is 8.30. The zero-order valence-electron chi connectivity index (χ0n) is 14.9. The predicted octanol–water partition coefficient (Wildman–Crippen LogP) is 2.13. The van der Waals surface area contributed by atoms with Gasteiger partial charge in [0, 0.05) is 26.2 Å². The summed E-state index contributed by atoms with van der Waals surface area (Å²) in [6.45, 7) is 2.78. The molecule has 2 aromatic carbocycles. The number of hydrogen-bond acceptors (Lipinski definition) is 5. The van der Waals surface area contributed by atoms with Gasteiger partial charge < -0.3 is 4.90 Å². The smallest absolute Gasteiger partial charge is 0.243 e. The topological polar surface area (TPSA) is 74.8 Å². The number of para-hydroxylation sites is 1. The van der Waals surface area contributed by atoms with Crippen molar-refractivity contribution in [1.82, 2.24) is 4.31 Å². The number of rotatable bonds is 5. The first kappa shape index (κ1) is 19.8. The summed E-state index contributed by atoms with van der Waals surface area (Å²) in [4.78, 5) is 2.20. The molecule has 0 saturated carbocycles. The van der Waals surface area contributed by atoms with Crippen molar-refractivity contribution in [3.05, 3.63) is 54.3 Å². The van der Waals surface area contributed by atoms with Gasteiger partial charge in [0.15, 0.2) is 9.84 Å². The molecule has 9 heteroatoms. The normalized spacial score (nSPS) is 16.4. The van der Waals surface area contributed by atoms with E-state index in [2.05, 4.69) is 0 Å². The molecule has 3 rings (SSSR count). The minimum absolute atomic E-state index is 0.00290. The van der Waals surface area contributed by atoms with Gasteiger partial charge in [0.05, 0.1) is 21.2 Å². The first-order valence-electron chi connectivity index (χ1n) is 8.58. The highest BCUT2D eigenvalue weighted by molar-refractivity contribution is 7.91. The molecule has 1 aliphatic heterocycles. The fourth-order valence-electron chi connectivity index (χ4n) is 3.06. The molecule has 0 radical (unpaired) electrons. The number of benzene rings is 2. The van der Waals surface area contributed by atoms with Crippen LogP contribution in [0.1, 0.15) is 6.92 Å². The van der Waals surface area contributed by atoms with Crippen molar-refractivity contribution in [3.8, 4) is 0 Å². The van der Waals surface area contributed by atoms with E-state index in [0.717, 1.165) is 12.1 Å². The van der Waals surface area contributed by atoms with E-state index >= 15 is 0 Å². The van der Waals surface area contributed by atoms with Gasteiger partial charge in [0.25, 0.3) is 0 Å². The Kier molecular flexibility index (Phi) is 5.55. The van der Waals surface area contributed by atoms with Crippen molar-refractivity contribution >= 4 is 25.5 Å². The molecule has 0 aliphatic carbocycles. The highest BCUT2D eigenvalue weighted by Crippen LogP contribution is 2.28. The standard InChI is InChI=1S/C18H21FN2O4S2/c1-2-26(22,23)18-6-4-3-5-17(18)20-11-13-21(14-12-20)27(24,25)16-9-7-15(19)8-10-16/h3-10H,2,11-14H2,1H3. The molecule has 6 nitrogen and oxygen atoms in total. The number of sulfonamides is 1. The molecule has 0 spiro atoms. The Labute approximate surface area is 159 Å². The second-order valence-corrected chi connectivity index (χ2v) is 10.4. The van der Waals surface area contributed by atoms with Crippen LogP contribution < -0.4 is 4.90 Å². The summed E-state index contributed by atoms with van der Waals surface area (Å²) >= 11 is 0. The summed E-state index contributed by atoms with van der Waals surface area (Å²) in [5.41, 5.74) is 0.596. The Morgan fingerprint density at radius 2 is 1.48 bits per heavy atom. The van der Waals surface area contributed by atoms with Crippen molar-refractivity contribution < 1.29 is 21.2 Å². The lowest BCUT2D eigenvalue weighted by Gasteiger charge is -2.36. The molecule has 0 bridgehead atoms. The monoisotopic (exact) mass is 412 g/mol. The van der Waals surface area contributed by atoms with E-state index in [1.165, 1.54) is 16.4 Å². The number of sulfone groups is 1. The Hall–Kier alpha value is -1.97. The van der Waals surface area contributed by atoms with Gasteiger partial charge in [0.1, 0.15) is 5.82 Å². The average molecular weight is 413 g/mol. The van der Waals surface area contributed by atoms with Crippen LogP contribution >= 0.6 is 0 Å². The van der Waals surface area contributed by atoms with Gasteiger partial charge >= 0.3 is 0 Å². The molecule has 27 heavy (non-hydrogen) atoms. The summed E-state index contributed by atoms with van der Waals surface area (Å²) in [5, 5.41) is 0. The molecular weight excluding hydrogens is 391 g/mol. The second-order valence-electron chi connectivity index (χ2n) is 6.22. The fourth-order valence-corrected chi connectivity index (χ4v) is 5.60.